The maximum atomic E-state index is 12.9. The maximum Gasteiger partial charge on any atom is 0.238 e. The number of nitrogens with one attached hydrogen (secondary N) is 1. The predicted octanol–water partition coefficient (Wildman–Crippen LogP) is 1.69. The molecule has 4 nitrogen and oxygen atoms in total. The Morgan fingerprint density at radius 3 is 3.00 bits per heavy atom. The molecular formula is C13H18FN3O. The van der Waals surface area contributed by atoms with Crippen LogP contribution in [0.25, 0.3) is 0 Å². The van der Waals surface area contributed by atoms with Crippen molar-refractivity contribution >= 4 is 17.3 Å². The Hall–Kier alpha value is -1.62. The van der Waals surface area contributed by atoms with Crippen LogP contribution in [-0.4, -0.2) is 30.4 Å². The van der Waals surface area contributed by atoms with E-state index in [1.165, 1.54) is 18.2 Å². The van der Waals surface area contributed by atoms with Gasteiger partial charge in [0.25, 0.3) is 0 Å². The second-order valence-corrected chi connectivity index (χ2v) is 4.91. The van der Waals surface area contributed by atoms with E-state index in [0.717, 1.165) is 19.5 Å². The first kappa shape index (κ1) is 12.8. The molecule has 1 heterocycles. The van der Waals surface area contributed by atoms with E-state index in [0.29, 0.717) is 18.2 Å². The van der Waals surface area contributed by atoms with Crippen LogP contribution in [0.5, 0.6) is 0 Å². The average Bonchev–Trinajstić information content (AvgIpc) is 2.68. The van der Waals surface area contributed by atoms with Crippen LogP contribution in [-0.2, 0) is 4.79 Å². The summed E-state index contributed by atoms with van der Waals surface area (Å²) in [6, 6.07) is 3.96. The van der Waals surface area contributed by atoms with Gasteiger partial charge < -0.3 is 11.1 Å². The first-order valence-electron chi connectivity index (χ1n) is 6.12. The Balaban J connectivity index is 1.91. The van der Waals surface area contributed by atoms with Crippen LogP contribution in [0, 0.1) is 11.7 Å². The van der Waals surface area contributed by atoms with Gasteiger partial charge in [-0.2, -0.15) is 0 Å². The number of hydrogen-bond acceptors (Lipinski definition) is 3. The summed E-state index contributed by atoms with van der Waals surface area (Å²) in [6.07, 6.45) is 1.13. The number of rotatable bonds is 3. The number of carbonyl (C=O) groups is 1. The molecule has 1 aliphatic rings. The highest BCUT2D eigenvalue weighted by Crippen LogP contribution is 2.19. The van der Waals surface area contributed by atoms with E-state index in [1.54, 1.807) is 0 Å². The average molecular weight is 251 g/mol. The van der Waals surface area contributed by atoms with Gasteiger partial charge in [0.05, 0.1) is 17.9 Å². The molecule has 0 saturated carbocycles. The fourth-order valence-corrected chi connectivity index (χ4v) is 2.21. The fourth-order valence-electron chi connectivity index (χ4n) is 2.21. The van der Waals surface area contributed by atoms with Gasteiger partial charge in [-0.25, -0.2) is 4.39 Å². The second kappa shape index (κ2) is 5.35. The Bertz CT molecular complexity index is 450. The van der Waals surface area contributed by atoms with Gasteiger partial charge in [-0.05, 0) is 37.1 Å². The molecule has 0 aromatic heterocycles. The monoisotopic (exact) mass is 251 g/mol. The van der Waals surface area contributed by atoms with E-state index in [2.05, 4.69) is 17.1 Å². The van der Waals surface area contributed by atoms with E-state index in [4.69, 9.17) is 5.73 Å². The van der Waals surface area contributed by atoms with Crippen molar-refractivity contribution in [2.24, 2.45) is 5.92 Å². The van der Waals surface area contributed by atoms with Crippen molar-refractivity contribution in [3.63, 3.8) is 0 Å². The van der Waals surface area contributed by atoms with Crippen molar-refractivity contribution in [3.05, 3.63) is 24.0 Å². The molecule has 1 aromatic rings. The largest absolute Gasteiger partial charge is 0.397 e. The summed E-state index contributed by atoms with van der Waals surface area (Å²) in [6.45, 7) is 4.44. The predicted molar refractivity (Wildman–Crippen MR) is 69.7 cm³/mol. The molecule has 3 N–H and O–H groups in total. The minimum atomic E-state index is -0.404. The molecule has 5 heteroatoms. The molecule has 1 aromatic carbocycles. The molecule has 1 amide bonds. The number of likely N-dealkylation sites (tertiary alicyclic amines) is 1. The number of nitrogens with zero attached hydrogens (tertiary/aromatic N) is 1. The molecule has 2 rings (SSSR count). The van der Waals surface area contributed by atoms with Crippen LogP contribution < -0.4 is 11.1 Å². The molecule has 0 spiro atoms. The molecule has 1 unspecified atom stereocenters. The first-order chi connectivity index (χ1) is 8.54. The highest BCUT2D eigenvalue weighted by Gasteiger charge is 2.20. The lowest BCUT2D eigenvalue weighted by Gasteiger charge is -2.15. The SMILES string of the molecule is CC1CCN(CC(=O)Nc2ccc(F)cc2N)C1. The Labute approximate surface area is 106 Å². The number of benzene rings is 1. The molecule has 0 bridgehead atoms. The van der Waals surface area contributed by atoms with E-state index in [9.17, 15) is 9.18 Å². The van der Waals surface area contributed by atoms with E-state index in [1.807, 2.05) is 0 Å². The van der Waals surface area contributed by atoms with Crippen LogP contribution in [0.4, 0.5) is 15.8 Å². The molecule has 0 aliphatic carbocycles. The van der Waals surface area contributed by atoms with Crippen LogP contribution in [0.1, 0.15) is 13.3 Å². The van der Waals surface area contributed by atoms with Gasteiger partial charge >= 0.3 is 0 Å². The second-order valence-electron chi connectivity index (χ2n) is 4.91. The molecule has 1 aliphatic heterocycles. The van der Waals surface area contributed by atoms with Gasteiger partial charge in [0, 0.05) is 6.54 Å². The van der Waals surface area contributed by atoms with Gasteiger partial charge in [-0.3, -0.25) is 9.69 Å². The summed E-state index contributed by atoms with van der Waals surface area (Å²) in [4.78, 5) is 13.9. The molecule has 1 saturated heterocycles. The third kappa shape index (κ3) is 3.20. The summed E-state index contributed by atoms with van der Waals surface area (Å²) < 4.78 is 12.9. The topological polar surface area (TPSA) is 58.4 Å². The summed E-state index contributed by atoms with van der Waals surface area (Å²) in [5.74, 6) is 0.134. The number of carbonyl (C=O) groups excluding carboxylic acids is 1. The van der Waals surface area contributed by atoms with E-state index >= 15 is 0 Å². The number of hydrogen-bond donors (Lipinski definition) is 2. The van der Waals surface area contributed by atoms with Gasteiger partial charge in [0.2, 0.25) is 5.91 Å². The molecular weight excluding hydrogens is 233 g/mol. The zero-order chi connectivity index (χ0) is 13.1. The van der Waals surface area contributed by atoms with Gasteiger partial charge in [-0.1, -0.05) is 6.92 Å². The maximum absolute atomic E-state index is 12.9. The van der Waals surface area contributed by atoms with E-state index in [-0.39, 0.29) is 11.6 Å². The summed E-state index contributed by atoms with van der Waals surface area (Å²) >= 11 is 0. The van der Waals surface area contributed by atoms with Crippen LogP contribution in [0.3, 0.4) is 0 Å². The highest BCUT2D eigenvalue weighted by molar-refractivity contribution is 5.95. The zero-order valence-corrected chi connectivity index (χ0v) is 10.4. The van der Waals surface area contributed by atoms with Gasteiger partial charge in [-0.15, -0.1) is 0 Å². The minimum Gasteiger partial charge on any atom is -0.397 e. The lowest BCUT2D eigenvalue weighted by atomic mass is 10.2. The van der Waals surface area contributed by atoms with Crippen molar-refractivity contribution in [2.75, 3.05) is 30.7 Å². The van der Waals surface area contributed by atoms with Crippen molar-refractivity contribution in [1.29, 1.82) is 0 Å². The number of halogens is 1. The Morgan fingerprint density at radius 1 is 1.61 bits per heavy atom. The van der Waals surface area contributed by atoms with Gasteiger partial charge in [0.15, 0.2) is 0 Å². The molecule has 18 heavy (non-hydrogen) atoms. The smallest absolute Gasteiger partial charge is 0.238 e. The van der Waals surface area contributed by atoms with Crippen molar-refractivity contribution in [3.8, 4) is 0 Å². The summed E-state index contributed by atoms with van der Waals surface area (Å²) in [5.41, 5.74) is 6.35. The number of nitrogen functional groups attached to an aromatic ring is 1. The van der Waals surface area contributed by atoms with Crippen molar-refractivity contribution in [2.45, 2.75) is 13.3 Å². The molecule has 98 valence electrons. The quantitative estimate of drug-likeness (QED) is 0.804. The lowest BCUT2D eigenvalue weighted by Crippen LogP contribution is -2.31. The minimum absolute atomic E-state index is 0.109. The number of nitrogens with two attached hydrogens (primary N) is 1. The third-order valence-corrected chi connectivity index (χ3v) is 3.16. The number of amides is 1. The summed E-state index contributed by atoms with van der Waals surface area (Å²) in [7, 11) is 0. The Morgan fingerprint density at radius 2 is 2.39 bits per heavy atom. The normalized spacial score (nSPS) is 20.0. The fraction of sp³-hybridized carbons (Fsp3) is 0.462. The van der Waals surface area contributed by atoms with Crippen LogP contribution >= 0.6 is 0 Å². The van der Waals surface area contributed by atoms with Crippen LogP contribution in [0.15, 0.2) is 18.2 Å². The molecule has 0 radical (unpaired) electrons. The number of anilines is 2. The summed E-state index contributed by atoms with van der Waals surface area (Å²) in [5, 5.41) is 2.71. The van der Waals surface area contributed by atoms with Gasteiger partial charge in [0.1, 0.15) is 5.82 Å². The Kier molecular flexibility index (Phi) is 3.81. The van der Waals surface area contributed by atoms with Crippen molar-refractivity contribution in [1.82, 2.24) is 4.90 Å². The van der Waals surface area contributed by atoms with Crippen LogP contribution in [0.2, 0.25) is 0 Å². The van der Waals surface area contributed by atoms with Crippen molar-refractivity contribution < 1.29 is 9.18 Å². The molecule has 1 fully saturated rings. The highest BCUT2D eigenvalue weighted by atomic mass is 19.1. The van der Waals surface area contributed by atoms with E-state index < -0.39 is 5.82 Å². The standard InChI is InChI=1S/C13H18FN3O/c1-9-4-5-17(7-9)8-13(18)16-12-3-2-10(14)6-11(12)15/h2-3,6,9H,4-5,7-8,15H2,1H3,(H,16,18). The first-order valence-corrected chi connectivity index (χ1v) is 6.12. The lowest BCUT2D eigenvalue weighted by molar-refractivity contribution is -0.117. The zero-order valence-electron chi connectivity index (χ0n) is 10.4. The third-order valence-electron chi connectivity index (χ3n) is 3.16. The molecule has 1 atom stereocenters.